The zero-order valence-corrected chi connectivity index (χ0v) is 14.1. The van der Waals surface area contributed by atoms with E-state index in [9.17, 15) is 9.18 Å². The molecule has 0 radical (unpaired) electrons. The summed E-state index contributed by atoms with van der Waals surface area (Å²) in [7, 11) is 0. The highest BCUT2D eigenvalue weighted by Gasteiger charge is 2.25. The number of carbonyl (C=O) groups excluding carboxylic acids is 1. The number of H-pyrrole nitrogens is 1. The number of hydrogen-bond acceptors (Lipinski definition) is 2. The Bertz CT molecular complexity index is 908. The van der Waals surface area contributed by atoms with E-state index in [4.69, 9.17) is 0 Å². The van der Waals surface area contributed by atoms with Crippen LogP contribution in [0.1, 0.15) is 16.1 Å². The number of benzene rings is 2. The number of rotatable bonds is 2. The lowest BCUT2D eigenvalue weighted by atomic mass is 10.1. The van der Waals surface area contributed by atoms with Gasteiger partial charge >= 0.3 is 0 Å². The number of amides is 1. The molecule has 1 saturated heterocycles. The smallest absolute Gasteiger partial charge is 0.270 e. The van der Waals surface area contributed by atoms with Gasteiger partial charge in [0.05, 0.1) is 0 Å². The standard InChI is InChI=1S/C20H20FN3O/c1-14-17-4-2-3-5-18(17)22-19(14)20(25)24-12-10-23(11-13-24)16-8-6-15(21)7-9-16/h2-9,22H,10-13H2,1H3. The molecule has 128 valence electrons. The minimum absolute atomic E-state index is 0.0486. The molecule has 1 aliphatic rings. The maximum Gasteiger partial charge on any atom is 0.270 e. The number of hydrogen-bond donors (Lipinski definition) is 1. The van der Waals surface area contributed by atoms with E-state index in [1.807, 2.05) is 36.1 Å². The molecule has 0 bridgehead atoms. The Morgan fingerprint density at radius 3 is 2.36 bits per heavy atom. The molecule has 25 heavy (non-hydrogen) atoms. The van der Waals surface area contributed by atoms with E-state index in [1.165, 1.54) is 12.1 Å². The van der Waals surface area contributed by atoms with Crippen LogP contribution < -0.4 is 4.90 Å². The van der Waals surface area contributed by atoms with Crippen molar-refractivity contribution in [1.82, 2.24) is 9.88 Å². The Kier molecular flexibility index (Phi) is 3.92. The van der Waals surface area contributed by atoms with Gasteiger partial charge in [-0.25, -0.2) is 4.39 Å². The van der Waals surface area contributed by atoms with Crippen molar-refractivity contribution in [3.8, 4) is 0 Å². The number of carbonyl (C=O) groups is 1. The molecule has 5 heteroatoms. The number of aromatic nitrogens is 1. The van der Waals surface area contributed by atoms with Crippen molar-refractivity contribution >= 4 is 22.5 Å². The molecule has 0 spiro atoms. The number of nitrogens with zero attached hydrogens (tertiary/aromatic N) is 2. The van der Waals surface area contributed by atoms with Gasteiger partial charge in [-0.3, -0.25) is 4.79 Å². The molecule has 2 heterocycles. The second-order valence-electron chi connectivity index (χ2n) is 6.43. The number of para-hydroxylation sites is 1. The van der Waals surface area contributed by atoms with E-state index in [1.54, 1.807) is 12.1 Å². The number of aromatic amines is 1. The molecule has 0 aliphatic carbocycles. The molecule has 0 unspecified atom stereocenters. The van der Waals surface area contributed by atoms with Crippen LogP contribution in [0.4, 0.5) is 10.1 Å². The first-order valence-electron chi connectivity index (χ1n) is 8.50. The monoisotopic (exact) mass is 337 g/mol. The van der Waals surface area contributed by atoms with Gasteiger partial charge in [-0.2, -0.15) is 0 Å². The van der Waals surface area contributed by atoms with Gasteiger partial charge in [0.2, 0.25) is 0 Å². The lowest BCUT2D eigenvalue weighted by Gasteiger charge is -2.36. The normalized spacial score (nSPS) is 15.0. The minimum Gasteiger partial charge on any atom is -0.368 e. The Labute approximate surface area is 145 Å². The quantitative estimate of drug-likeness (QED) is 0.776. The van der Waals surface area contributed by atoms with Crippen molar-refractivity contribution in [2.75, 3.05) is 31.1 Å². The van der Waals surface area contributed by atoms with Crippen molar-refractivity contribution in [1.29, 1.82) is 0 Å². The van der Waals surface area contributed by atoms with Crippen LogP contribution in [0.25, 0.3) is 10.9 Å². The molecule has 1 amide bonds. The predicted octanol–water partition coefficient (Wildman–Crippen LogP) is 3.58. The molecule has 1 fully saturated rings. The highest BCUT2D eigenvalue weighted by atomic mass is 19.1. The number of nitrogens with one attached hydrogen (secondary N) is 1. The fourth-order valence-electron chi connectivity index (χ4n) is 3.47. The third kappa shape index (κ3) is 2.86. The zero-order chi connectivity index (χ0) is 17.4. The Hall–Kier alpha value is -2.82. The number of halogens is 1. The highest BCUT2D eigenvalue weighted by molar-refractivity contribution is 6.01. The summed E-state index contributed by atoms with van der Waals surface area (Å²) in [6.07, 6.45) is 0. The summed E-state index contributed by atoms with van der Waals surface area (Å²) in [6, 6.07) is 14.5. The molecule has 0 atom stereocenters. The molecule has 2 aromatic carbocycles. The average Bonchev–Trinajstić information content (AvgIpc) is 2.99. The predicted molar refractivity (Wildman–Crippen MR) is 97.6 cm³/mol. The fraction of sp³-hybridized carbons (Fsp3) is 0.250. The molecule has 1 aromatic heterocycles. The summed E-state index contributed by atoms with van der Waals surface area (Å²) in [5, 5.41) is 1.09. The zero-order valence-electron chi connectivity index (χ0n) is 14.1. The average molecular weight is 337 g/mol. The molecule has 3 aromatic rings. The van der Waals surface area contributed by atoms with E-state index in [2.05, 4.69) is 9.88 Å². The maximum absolute atomic E-state index is 13.1. The van der Waals surface area contributed by atoms with Crippen molar-refractivity contribution in [2.45, 2.75) is 6.92 Å². The first kappa shape index (κ1) is 15.7. The first-order valence-corrected chi connectivity index (χ1v) is 8.50. The Morgan fingerprint density at radius 1 is 1.00 bits per heavy atom. The summed E-state index contributed by atoms with van der Waals surface area (Å²) >= 11 is 0. The van der Waals surface area contributed by atoms with Gasteiger partial charge < -0.3 is 14.8 Å². The van der Waals surface area contributed by atoms with Crippen LogP contribution in [0, 0.1) is 12.7 Å². The summed E-state index contributed by atoms with van der Waals surface area (Å²) in [6.45, 7) is 4.80. The van der Waals surface area contributed by atoms with Crippen LogP contribution in [0.2, 0.25) is 0 Å². The molecular weight excluding hydrogens is 317 g/mol. The van der Waals surface area contributed by atoms with Crippen LogP contribution in [0.15, 0.2) is 48.5 Å². The first-order chi connectivity index (χ1) is 12.1. The molecule has 1 N–H and O–H groups in total. The SMILES string of the molecule is Cc1c(C(=O)N2CCN(c3ccc(F)cc3)CC2)[nH]c2ccccc12. The number of fused-ring (bicyclic) bond motifs is 1. The largest absolute Gasteiger partial charge is 0.368 e. The highest BCUT2D eigenvalue weighted by Crippen LogP contribution is 2.23. The topological polar surface area (TPSA) is 39.3 Å². The van der Waals surface area contributed by atoms with Gasteiger partial charge in [0, 0.05) is 42.8 Å². The van der Waals surface area contributed by atoms with E-state index in [0.717, 1.165) is 35.2 Å². The molecular formula is C20H20FN3O. The maximum atomic E-state index is 13.1. The van der Waals surface area contributed by atoms with Gasteiger partial charge in [0.25, 0.3) is 5.91 Å². The number of piperazine rings is 1. The molecule has 4 nitrogen and oxygen atoms in total. The summed E-state index contributed by atoms with van der Waals surface area (Å²) in [5.41, 5.74) is 3.67. The van der Waals surface area contributed by atoms with Crippen LogP contribution >= 0.6 is 0 Å². The Morgan fingerprint density at radius 2 is 1.68 bits per heavy atom. The molecule has 1 aliphatic heterocycles. The lowest BCUT2D eigenvalue weighted by molar-refractivity contribution is 0.0741. The van der Waals surface area contributed by atoms with Crippen molar-refractivity contribution in [3.05, 3.63) is 65.6 Å². The van der Waals surface area contributed by atoms with Gasteiger partial charge in [0.1, 0.15) is 11.5 Å². The van der Waals surface area contributed by atoms with Gasteiger partial charge in [-0.05, 0) is 42.8 Å². The summed E-state index contributed by atoms with van der Waals surface area (Å²) in [5.74, 6) is -0.181. The molecule has 0 saturated carbocycles. The summed E-state index contributed by atoms with van der Waals surface area (Å²) in [4.78, 5) is 20.2. The second-order valence-corrected chi connectivity index (χ2v) is 6.43. The number of aryl methyl sites for hydroxylation is 1. The van der Waals surface area contributed by atoms with E-state index in [0.29, 0.717) is 18.8 Å². The fourth-order valence-corrected chi connectivity index (χ4v) is 3.47. The summed E-state index contributed by atoms with van der Waals surface area (Å²) < 4.78 is 13.1. The number of anilines is 1. The van der Waals surface area contributed by atoms with Crippen LogP contribution in [0.5, 0.6) is 0 Å². The van der Waals surface area contributed by atoms with Crippen molar-refractivity contribution < 1.29 is 9.18 Å². The van der Waals surface area contributed by atoms with E-state index >= 15 is 0 Å². The lowest BCUT2D eigenvalue weighted by Crippen LogP contribution is -2.49. The molecule has 4 rings (SSSR count). The van der Waals surface area contributed by atoms with Crippen LogP contribution in [-0.2, 0) is 0 Å². The van der Waals surface area contributed by atoms with E-state index < -0.39 is 0 Å². The van der Waals surface area contributed by atoms with Crippen molar-refractivity contribution in [3.63, 3.8) is 0 Å². The third-order valence-corrected chi connectivity index (χ3v) is 4.94. The van der Waals surface area contributed by atoms with Crippen LogP contribution in [0.3, 0.4) is 0 Å². The van der Waals surface area contributed by atoms with E-state index in [-0.39, 0.29) is 11.7 Å². The Balaban J connectivity index is 1.49. The second kappa shape index (κ2) is 6.24. The van der Waals surface area contributed by atoms with Gasteiger partial charge in [-0.15, -0.1) is 0 Å². The van der Waals surface area contributed by atoms with Gasteiger partial charge in [-0.1, -0.05) is 18.2 Å². The minimum atomic E-state index is -0.230. The van der Waals surface area contributed by atoms with Gasteiger partial charge in [0.15, 0.2) is 0 Å². The van der Waals surface area contributed by atoms with Crippen LogP contribution in [-0.4, -0.2) is 42.0 Å². The van der Waals surface area contributed by atoms with Crippen molar-refractivity contribution in [2.24, 2.45) is 0 Å². The third-order valence-electron chi connectivity index (χ3n) is 4.94.